The summed E-state index contributed by atoms with van der Waals surface area (Å²) < 4.78 is 4.25. The molecule has 0 radical (unpaired) electrons. The quantitative estimate of drug-likeness (QED) is 0.608. The molecule has 6 nitrogen and oxygen atoms in total. The Kier molecular flexibility index (Phi) is 3.49. The molecule has 0 aliphatic heterocycles. The van der Waals surface area contributed by atoms with Gasteiger partial charge in [0, 0.05) is 12.4 Å². The highest BCUT2D eigenvalue weighted by atomic mass is 16.5. The fourth-order valence-corrected chi connectivity index (χ4v) is 0.854. The van der Waals surface area contributed by atoms with Crippen molar-refractivity contribution in [1.82, 2.24) is 9.97 Å². The molecule has 76 valence electrons. The van der Waals surface area contributed by atoms with Crippen LogP contribution in [-0.2, 0) is 9.53 Å². The van der Waals surface area contributed by atoms with Crippen LogP contribution in [0.3, 0.4) is 0 Å². The second-order valence-electron chi connectivity index (χ2n) is 2.52. The van der Waals surface area contributed by atoms with E-state index in [1.165, 1.54) is 12.4 Å². The van der Waals surface area contributed by atoms with Gasteiger partial charge in [0.05, 0.1) is 7.11 Å². The second kappa shape index (κ2) is 4.64. The Morgan fingerprint density at radius 1 is 1.43 bits per heavy atom. The number of carbonyl (C=O) groups is 1. The predicted molar refractivity (Wildman–Crippen MR) is 45.0 cm³/mol. The zero-order valence-electron chi connectivity index (χ0n) is 7.49. The van der Waals surface area contributed by atoms with Crippen LogP contribution in [0.2, 0.25) is 0 Å². The number of esters is 1. The monoisotopic (exact) mass is 198 g/mol. The van der Waals surface area contributed by atoms with E-state index >= 15 is 0 Å². The van der Waals surface area contributed by atoms with E-state index in [1.807, 2.05) is 0 Å². The number of nitrogens with zero attached hydrogens (tertiary/aromatic N) is 2. The van der Waals surface area contributed by atoms with Gasteiger partial charge >= 0.3 is 5.97 Å². The van der Waals surface area contributed by atoms with Crippen LogP contribution < -0.4 is 0 Å². The van der Waals surface area contributed by atoms with Gasteiger partial charge in [-0.2, -0.15) is 0 Å². The first-order chi connectivity index (χ1) is 6.66. The molecule has 1 heterocycles. The molecule has 1 aromatic rings. The molecule has 0 aliphatic rings. The number of aliphatic hydroxyl groups excluding tert-OH is 2. The number of aromatic nitrogens is 2. The Morgan fingerprint density at radius 2 is 2.00 bits per heavy atom. The smallest absolute Gasteiger partial charge is 0.337 e. The standard InChI is InChI=1S/C8H10N2O4/c1-14-8(13)6(12)5(11)7-9-3-2-4-10-7/h2-6,11-12H,1H3. The van der Waals surface area contributed by atoms with E-state index in [9.17, 15) is 15.0 Å². The molecule has 14 heavy (non-hydrogen) atoms. The third-order valence-corrected chi connectivity index (χ3v) is 1.59. The zero-order chi connectivity index (χ0) is 10.6. The van der Waals surface area contributed by atoms with Crippen molar-refractivity contribution in [2.45, 2.75) is 12.2 Å². The molecular weight excluding hydrogens is 188 g/mol. The van der Waals surface area contributed by atoms with Gasteiger partial charge in [0.2, 0.25) is 0 Å². The third-order valence-electron chi connectivity index (χ3n) is 1.59. The van der Waals surface area contributed by atoms with Crippen molar-refractivity contribution in [2.75, 3.05) is 7.11 Å². The van der Waals surface area contributed by atoms with E-state index in [0.717, 1.165) is 7.11 Å². The van der Waals surface area contributed by atoms with Gasteiger partial charge in [0.1, 0.15) is 0 Å². The SMILES string of the molecule is COC(=O)C(O)C(O)c1ncccn1. The molecule has 2 atom stereocenters. The summed E-state index contributed by atoms with van der Waals surface area (Å²) in [6.07, 6.45) is -0.337. The number of hydrogen-bond donors (Lipinski definition) is 2. The van der Waals surface area contributed by atoms with E-state index in [4.69, 9.17) is 0 Å². The number of hydrogen-bond acceptors (Lipinski definition) is 6. The van der Waals surface area contributed by atoms with Crippen LogP contribution in [0, 0.1) is 0 Å². The maximum atomic E-state index is 10.8. The van der Waals surface area contributed by atoms with Crippen molar-refractivity contribution in [3.05, 3.63) is 24.3 Å². The third kappa shape index (κ3) is 2.24. The van der Waals surface area contributed by atoms with Crippen LogP contribution in [0.5, 0.6) is 0 Å². The number of ether oxygens (including phenoxy) is 1. The van der Waals surface area contributed by atoms with Crippen LogP contribution in [0.25, 0.3) is 0 Å². The van der Waals surface area contributed by atoms with Crippen LogP contribution in [0.4, 0.5) is 0 Å². The van der Waals surface area contributed by atoms with Gasteiger partial charge in [-0.15, -0.1) is 0 Å². The summed E-state index contributed by atoms with van der Waals surface area (Å²) in [5, 5.41) is 18.6. The Bertz CT molecular complexity index is 303. The first kappa shape index (κ1) is 10.6. The van der Waals surface area contributed by atoms with Gasteiger partial charge in [0.25, 0.3) is 0 Å². The molecule has 0 bridgehead atoms. The summed E-state index contributed by atoms with van der Waals surface area (Å²) in [6, 6.07) is 1.56. The molecule has 0 saturated heterocycles. The summed E-state index contributed by atoms with van der Waals surface area (Å²) in [5.74, 6) is -0.949. The largest absolute Gasteiger partial charge is 0.467 e. The molecule has 0 saturated carbocycles. The molecule has 0 spiro atoms. The van der Waals surface area contributed by atoms with Gasteiger partial charge in [-0.05, 0) is 6.07 Å². The Balaban J connectivity index is 2.75. The molecule has 2 unspecified atom stereocenters. The van der Waals surface area contributed by atoms with Crippen molar-refractivity contribution in [2.24, 2.45) is 0 Å². The minimum atomic E-state index is -1.66. The zero-order valence-corrected chi connectivity index (χ0v) is 7.49. The molecule has 1 rings (SSSR count). The number of rotatable bonds is 3. The van der Waals surface area contributed by atoms with E-state index in [0.29, 0.717) is 0 Å². The van der Waals surface area contributed by atoms with E-state index < -0.39 is 18.2 Å². The molecule has 0 aromatic carbocycles. The highest BCUT2D eigenvalue weighted by Gasteiger charge is 2.28. The summed E-state index contributed by atoms with van der Waals surface area (Å²) in [6.45, 7) is 0. The first-order valence-corrected chi connectivity index (χ1v) is 3.87. The lowest BCUT2D eigenvalue weighted by molar-refractivity contribution is -0.157. The highest BCUT2D eigenvalue weighted by molar-refractivity contribution is 5.74. The molecule has 2 N–H and O–H groups in total. The lowest BCUT2D eigenvalue weighted by atomic mass is 10.2. The van der Waals surface area contributed by atoms with Gasteiger partial charge in [-0.25, -0.2) is 14.8 Å². The molecule has 6 heteroatoms. The fraction of sp³-hybridized carbons (Fsp3) is 0.375. The van der Waals surface area contributed by atoms with Gasteiger partial charge in [-0.1, -0.05) is 0 Å². The normalized spacial score (nSPS) is 14.5. The predicted octanol–water partition coefficient (Wildman–Crippen LogP) is -0.956. The number of methoxy groups -OCH3 is 1. The Labute approximate surface area is 80.2 Å². The summed E-state index contributed by atoms with van der Waals surface area (Å²) >= 11 is 0. The minimum Gasteiger partial charge on any atom is -0.467 e. The summed E-state index contributed by atoms with van der Waals surface area (Å²) in [4.78, 5) is 18.2. The number of carbonyl (C=O) groups excluding carboxylic acids is 1. The molecule has 1 aromatic heterocycles. The molecular formula is C8H10N2O4. The fourth-order valence-electron chi connectivity index (χ4n) is 0.854. The number of aliphatic hydroxyl groups is 2. The summed E-state index contributed by atoms with van der Waals surface area (Å²) in [5.41, 5.74) is 0. The Morgan fingerprint density at radius 3 is 2.50 bits per heavy atom. The van der Waals surface area contributed by atoms with Crippen LogP contribution in [0.15, 0.2) is 18.5 Å². The molecule has 0 aliphatic carbocycles. The average Bonchev–Trinajstić information content (AvgIpc) is 2.27. The van der Waals surface area contributed by atoms with E-state index in [1.54, 1.807) is 6.07 Å². The van der Waals surface area contributed by atoms with E-state index in [-0.39, 0.29) is 5.82 Å². The van der Waals surface area contributed by atoms with Crippen LogP contribution in [-0.4, -0.2) is 39.4 Å². The summed E-state index contributed by atoms with van der Waals surface area (Å²) in [7, 11) is 1.12. The van der Waals surface area contributed by atoms with Crippen molar-refractivity contribution in [3.8, 4) is 0 Å². The lowest BCUT2D eigenvalue weighted by Crippen LogP contribution is -2.30. The maximum Gasteiger partial charge on any atom is 0.337 e. The second-order valence-corrected chi connectivity index (χ2v) is 2.52. The first-order valence-electron chi connectivity index (χ1n) is 3.87. The lowest BCUT2D eigenvalue weighted by Gasteiger charge is -2.13. The molecule has 0 amide bonds. The van der Waals surface area contributed by atoms with E-state index in [2.05, 4.69) is 14.7 Å². The van der Waals surface area contributed by atoms with Gasteiger partial charge < -0.3 is 14.9 Å². The maximum absolute atomic E-state index is 10.8. The Hall–Kier alpha value is -1.53. The average molecular weight is 198 g/mol. The van der Waals surface area contributed by atoms with Crippen molar-refractivity contribution < 1.29 is 19.7 Å². The van der Waals surface area contributed by atoms with Gasteiger partial charge in [0.15, 0.2) is 18.0 Å². The van der Waals surface area contributed by atoms with Crippen LogP contribution in [0.1, 0.15) is 11.9 Å². The minimum absolute atomic E-state index is 0.0228. The van der Waals surface area contributed by atoms with Crippen molar-refractivity contribution >= 4 is 5.97 Å². The van der Waals surface area contributed by atoms with Crippen molar-refractivity contribution in [1.29, 1.82) is 0 Å². The van der Waals surface area contributed by atoms with Crippen molar-refractivity contribution in [3.63, 3.8) is 0 Å². The van der Waals surface area contributed by atoms with Gasteiger partial charge in [-0.3, -0.25) is 0 Å². The van der Waals surface area contributed by atoms with Crippen LogP contribution >= 0.6 is 0 Å². The highest BCUT2D eigenvalue weighted by Crippen LogP contribution is 2.12. The molecule has 0 fully saturated rings. The topological polar surface area (TPSA) is 92.5 Å².